The Hall–Kier alpha value is -1.79. The molecule has 0 atom stereocenters. The molecule has 0 rings (SSSR count). The zero-order valence-corrected chi connectivity index (χ0v) is 6.05. The molecule has 0 aromatic rings. The lowest BCUT2D eigenvalue weighted by molar-refractivity contribution is -0.564. The summed E-state index contributed by atoms with van der Waals surface area (Å²) in [6.07, 6.45) is 0. The van der Waals surface area contributed by atoms with Crippen molar-refractivity contribution >= 4 is 5.96 Å². The highest BCUT2D eigenvalue weighted by molar-refractivity contribution is 5.69. The summed E-state index contributed by atoms with van der Waals surface area (Å²) >= 11 is 0. The van der Waals surface area contributed by atoms with Crippen LogP contribution in [0.1, 0.15) is 6.92 Å². The first-order valence-electron chi connectivity index (χ1n) is 2.73. The second-order valence-electron chi connectivity index (χ2n) is 1.81. The maximum atomic E-state index is 9.76. The van der Waals surface area contributed by atoms with E-state index in [1.165, 1.54) is 0 Å². The molecule has 0 fully saturated rings. The van der Waals surface area contributed by atoms with Crippen LogP contribution in [-0.4, -0.2) is 11.0 Å². The van der Waals surface area contributed by atoms with Crippen LogP contribution in [0.4, 0.5) is 0 Å². The Morgan fingerprint density at radius 2 is 2.36 bits per heavy atom. The van der Waals surface area contributed by atoms with E-state index in [0.717, 1.165) is 0 Å². The van der Waals surface area contributed by atoms with E-state index in [4.69, 9.17) is 5.73 Å². The number of hydrogen-bond donors (Lipinski definition) is 4. The van der Waals surface area contributed by atoms with Crippen molar-refractivity contribution in [3.63, 3.8) is 0 Å². The number of nitrogens with one attached hydrogen (secondary N) is 3. The van der Waals surface area contributed by atoms with Gasteiger partial charge in [0.25, 0.3) is 0 Å². The summed E-state index contributed by atoms with van der Waals surface area (Å²) in [5, 5.41) is 11.3. The molecule has 0 spiro atoms. The molecule has 11 heavy (non-hydrogen) atoms. The fourth-order valence-electron chi connectivity index (χ4n) is 0.300. The molecular weight excluding hydrogens is 150 g/mol. The summed E-state index contributed by atoms with van der Waals surface area (Å²) in [4.78, 5) is 9.76. The first-order chi connectivity index (χ1) is 5.02. The Labute approximate surface area is 63.1 Å². The van der Waals surface area contributed by atoms with Crippen molar-refractivity contribution < 1.29 is 10.1 Å². The third-order valence-electron chi connectivity index (χ3n) is 0.622. The van der Waals surface area contributed by atoms with Gasteiger partial charge in [0.2, 0.25) is 5.03 Å². The molecule has 0 aliphatic heterocycles. The van der Waals surface area contributed by atoms with Gasteiger partial charge in [-0.3, -0.25) is 11.2 Å². The van der Waals surface area contributed by atoms with Gasteiger partial charge < -0.3 is 0 Å². The van der Waals surface area contributed by atoms with Crippen LogP contribution in [0.3, 0.4) is 0 Å². The van der Waals surface area contributed by atoms with E-state index in [1.807, 2.05) is 0 Å². The van der Waals surface area contributed by atoms with Crippen molar-refractivity contribution in [3.05, 3.63) is 22.4 Å². The van der Waals surface area contributed by atoms with Crippen LogP contribution in [0.2, 0.25) is 0 Å². The number of hydrogen-bond acceptors (Lipinski definition) is 3. The van der Waals surface area contributed by atoms with Gasteiger partial charge >= 0.3 is 5.96 Å². The van der Waals surface area contributed by atoms with Crippen LogP contribution in [0.25, 0.3) is 0 Å². The lowest BCUT2D eigenvalue weighted by Crippen LogP contribution is -2.86. The van der Waals surface area contributed by atoms with Gasteiger partial charge in [0, 0.05) is 11.1 Å². The molecule has 0 amide bonds. The van der Waals surface area contributed by atoms with Crippen molar-refractivity contribution in [2.75, 3.05) is 0 Å². The summed E-state index contributed by atoms with van der Waals surface area (Å²) in [6.45, 7) is 5.14. The molecule has 0 heterocycles. The SMILES string of the molecule is C=C(C)N[NH+]=C(N)N[N+](=O)[O-]. The third kappa shape index (κ3) is 6.09. The molecular formula is C4H10N5O2+. The number of hydrazone groups is 1. The number of nitrogens with two attached hydrogens (primary N) is 1. The Kier molecular flexibility index (Phi) is 3.43. The van der Waals surface area contributed by atoms with Gasteiger partial charge in [-0.05, 0) is 6.92 Å². The zero-order valence-electron chi connectivity index (χ0n) is 6.05. The fraction of sp³-hybridized carbons (Fsp3) is 0.250. The molecule has 0 aliphatic carbocycles. The molecule has 0 aromatic heterocycles. The van der Waals surface area contributed by atoms with Gasteiger partial charge in [-0.1, -0.05) is 6.58 Å². The van der Waals surface area contributed by atoms with Crippen molar-refractivity contribution in [1.82, 2.24) is 10.9 Å². The lowest BCUT2D eigenvalue weighted by atomic mass is 10.6. The predicted molar refractivity (Wildman–Crippen MR) is 38.2 cm³/mol. The zero-order chi connectivity index (χ0) is 8.85. The Morgan fingerprint density at radius 3 is 2.73 bits per heavy atom. The van der Waals surface area contributed by atoms with E-state index < -0.39 is 5.03 Å². The third-order valence-corrected chi connectivity index (χ3v) is 0.622. The Morgan fingerprint density at radius 1 is 1.82 bits per heavy atom. The lowest BCUT2D eigenvalue weighted by Gasteiger charge is -1.93. The molecule has 5 N–H and O–H groups in total. The van der Waals surface area contributed by atoms with E-state index in [0.29, 0.717) is 5.70 Å². The van der Waals surface area contributed by atoms with Gasteiger partial charge in [-0.2, -0.15) is 5.10 Å². The molecule has 7 nitrogen and oxygen atoms in total. The minimum atomic E-state index is -0.775. The summed E-state index contributed by atoms with van der Waals surface area (Å²) in [6, 6.07) is 0. The molecule has 0 unspecified atom stereocenters. The standard InChI is InChI=1S/C4H9N5O2/c1-3(2)6-7-4(5)8-9(10)11/h6H,1H2,2H3,(H3,5,7,8)/p+1. The van der Waals surface area contributed by atoms with Gasteiger partial charge in [-0.15, -0.1) is 0 Å². The maximum absolute atomic E-state index is 9.76. The van der Waals surface area contributed by atoms with E-state index in [-0.39, 0.29) is 5.96 Å². The van der Waals surface area contributed by atoms with E-state index in [1.54, 1.807) is 12.3 Å². The van der Waals surface area contributed by atoms with Crippen molar-refractivity contribution in [1.29, 1.82) is 0 Å². The summed E-state index contributed by atoms with van der Waals surface area (Å²) in [5.41, 5.74) is 9.84. The second-order valence-corrected chi connectivity index (χ2v) is 1.81. The second kappa shape index (κ2) is 4.09. The van der Waals surface area contributed by atoms with Gasteiger partial charge in [0.15, 0.2) is 0 Å². The summed E-state index contributed by atoms with van der Waals surface area (Å²) in [7, 11) is 0. The Balaban J connectivity index is 3.81. The van der Waals surface area contributed by atoms with Crippen LogP contribution in [0.5, 0.6) is 0 Å². The molecule has 0 saturated carbocycles. The smallest absolute Gasteiger partial charge is 0.284 e. The average molecular weight is 160 g/mol. The van der Waals surface area contributed by atoms with E-state index in [9.17, 15) is 10.1 Å². The quantitative estimate of drug-likeness (QED) is 0.154. The highest BCUT2D eigenvalue weighted by Gasteiger charge is 2.05. The first kappa shape index (κ1) is 9.21. The Bertz CT molecular complexity index is 199. The number of nitrogens with zero attached hydrogens (tertiary/aromatic N) is 1. The monoisotopic (exact) mass is 160 g/mol. The minimum absolute atomic E-state index is 0.196. The van der Waals surface area contributed by atoms with Crippen LogP contribution in [-0.2, 0) is 0 Å². The van der Waals surface area contributed by atoms with Gasteiger partial charge in [0.05, 0.1) is 0 Å². The number of nitro groups is 1. The molecule has 0 saturated heterocycles. The maximum Gasteiger partial charge on any atom is 0.425 e. The van der Waals surface area contributed by atoms with Crippen molar-refractivity contribution in [2.24, 2.45) is 5.73 Å². The van der Waals surface area contributed by atoms with Crippen molar-refractivity contribution in [3.8, 4) is 0 Å². The summed E-state index contributed by atoms with van der Waals surface area (Å²) in [5.74, 6) is -0.196. The number of rotatable bonds is 3. The number of guanidine groups is 1. The van der Waals surface area contributed by atoms with Crippen LogP contribution >= 0.6 is 0 Å². The molecule has 7 heteroatoms. The topological polar surface area (TPSA) is 107 Å². The van der Waals surface area contributed by atoms with Crippen LogP contribution in [0, 0.1) is 10.1 Å². The molecule has 0 radical (unpaired) electrons. The highest BCUT2D eigenvalue weighted by atomic mass is 16.7. The predicted octanol–water partition coefficient (Wildman–Crippen LogP) is -2.80. The van der Waals surface area contributed by atoms with Gasteiger partial charge in [0.1, 0.15) is 0 Å². The minimum Gasteiger partial charge on any atom is -0.284 e. The average Bonchev–Trinajstić information content (AvgIpc) is 1.82. The number of allylic oxidation sites excluding steroid dienone is 1. The molecule has 0 bridgehead atoms. The van der Waals surface area contributed by atoms with E-state index >= 15 is 0 Å². The highest BCUT2D eigenvalue weighted by Crippen LogP contribution is 1.65. The fourth-order valence-corrected chi connectivity index (χ4v) is 0.300. The first-order valence-corrected chi connectivity index (χ1v) is 2.73. The molecule has 0 aromatic carbocycles. The summed E-state index contributed by atoms with van der Waals surface area (Å²) < 4.78 is 0. The van der Waals surface area contributed by atoms with Gasteiger partial charge in [-0.25, -0.2) is 10.1 Å². The largest absolute Gasteiger partial charge is 0.425 e. The van der Waals surface area contributed by atoms with E-state index in [2.05, 4.69) is 17.1 Å². The molecule has 0 aliphatic rings. The molecule has 62 valence electrons. The number of hydrazine groups is 2. The van der Waals surface area contributed by atoms with Crippen LogP contribution in [0.15, 0.2) is 12.3 Å². The van der Waals surface area contributed by atoms with Crippen molar-refractivity contribution in [2.45, 2.75) is 6.92 Å². The van der Waals surface area contributed by atoms with Crippen LogP contribution < -0.4 is 21.7 Å². The normalized spacial score (nSPS) is 10.5.